The van der Waals surface area contributed by atoms with Crippen molar-refractivity contribution in [3.8, 4) is 0 Å². The average Bonchev–Trinajstić information content (AvgIpc) is 3.38. The van der Waals surface area contributed by atoms with Gasteiger partial charge in [-0.1, -0.05) is 49.2 Å². The first-order chi connectivity index (χ1) is 14.6. The molecule has 1 aliphatic carbocycles. The van der Waals surface area contributed by atoms with Crippen LogP contribution in [0.1, 0.15) is 56.3 Å². The van der Waals surface area contributed by atoms with Gasteiger partial charge in [0, 0.05) is 24.0 Å². The maximum Gasteiger partial charge on any atom is 0.237 e. The fraction of sp³-hybridized carbons (Fsp3) is 0.583. The number of rotatable bonds is 7. The monoisotopic (exact) mass is 427 g/mol. The van der Waals surface area contributed by atoms with Crippen LogP contribution in [0.25, 0.3) is 0 Å². The van der Waals surface area contributed by atoms with E-state index < -0.39 is 0 Å². The summed E-state index contributed by atoms with van der Waals surface area (Å²) in [5.41, 5.74) is 3.23. The number of anilines is 1. The van der Waals surface area contributed by atoms with Crippen LogP contribution in [0.15, 0.2) is 35.5 Å². The first-order valence-corrected chi connectivity index (χ1v) is 12.3. The highest BCUT2D eigenvalue weighted by Gasteiger charge is 2.28. The Kier molecular flexibility index (Phi) is 7.16. The van der Waals surface area contributed by atoms with Gasteiger partial charge >= 0.3 is 0 Å². The van der Waals surface area contributed by atoms with Gasteiger partial charge in [0.05, 0.1) is 24.1 Å². The van der Waals surface area contributed by atoms with Crippen molar-refractivity contribution in [3.63, 3.8) is 0 Å². The Labute approximate surface area is 184 Å². The second kappa shape index (κ2) is 10.0. The van der Waals surface area contributed by atoms with Gasteiger partial charge in [-0.2, -0.15) is 0 Å². The Bertz CT molecular complexity index is 840. The molecular formula is C24H33N3O2S. The number of aromatic nitrogens is 2. The van der Waals surface area contributed by atoms with Crippen LogP contribution in [0, 0.1) is 13.8 Å². The summed E-state index contributed by atoms with van der Waals surface area (Å²) in [4.78, 5) is 20.2. The molecule has 1 amide bonds. The number of hydrogen-bond acceptors (Lipinski definition) is 4. The molecule has 1 saturated carbocycles. The van der Waals surface area contributed by atoms with Crippen LogP contribution in [-0.4, -0.2) is 40.0 Å². The molecule has 1 aromatic heterocycles. The number of carbonyl (C=O) groups excluding carboxylic acids is 1. The number of nitrogens with zero attached hydrogens (tertiary/aromatic N) is 3. The van der Waals surface area contributed by atoms with E-state index in [0.29, 0.717) is 11.8 Å². The third-order valence-corrected chi connectivity index (χ3v) is 7.36. The van der Waals surface area contributed by atoms with Gasteiger partial charge in [-0.05, 0) is 51.7 Å². The lowest BCUT2D eigenvalue weighted by Crippen LogP contribution is -2.42. The second-order valence-electron chi connectivity index (χ2n) is 8.49. The van der Waals surface area contributed by atoms with Crippen LogP contribution >= 0.6 is 11.8 Å². The zero-order valence-electron chi connectivity index (χ0n) is 18.2. The third kappa shape index (κ3) is 4.92. The maximum atomic E-state index is 13.4. The molecule has 2 aliphatic rings. The fourth-order valence-corrected chi connectivity index (χ4v) is 5.58. The Hall–Kier alpha value is -1.79. The van der Waals surface area contributed by atoms with Crippen molar-refractivity contribution in [2.75, 3.05) is 17.3 Å². The van der Waals surface area contributed by atoms with Crippen molar-refractivity contribution < 1.29 is 9.53 Å². The number of imidazole rings is 1. The molecule has 0 spiro atoms. The fourth-order valence-electron chi connectivity index (χ4n) is 4.62. The minimum Gasteiger partial charge on any atom is -0.376 e. The largest absolute Gasteiger partial charge is 0.376 e. The maximum absolute atomic E-state index is 13.4. The summed E-state index contributed by atoms with van der Waals surface area (Å²) < 4.78 is 8.09. The molecule has 1 aliphatic heterocycles. The molecule has 1 atom stereocenters. The Morgan fingerprint density at radius 2 is 1.90 bits per heavy atom. The van der Waals surface area contributed by atoms with Gasteiger partial charge in [-0.3, -0.25) is 4.79 Å². The lowest BCUT2D eigenvalue weighted by atomic mass is 9.93. The standard InChI is InChI=1S/C24H33N3O2S/c1-18-19(2)26(16-22-14-9-15-29-22)24(25-18)30-17-23(28)27(20-10-5-3-6-11-20)21-12-7-4-8-13-21/h3,5-6,10-11,21-22H,4,7-9,12-17H2,1-2H3/t22-/m0/s1. The van der Waals surface area contributed by atoms with Crippen LogP contribution in [0.4, 0.5) is 5.69 Å². The van der Waals surface area contributed by atoms with Gasteiger partial charge < -0.3 is 14.2 Å². The molecule has 1 aromatic carbocycles. The van der Waals surface area contributed by atoms with Crippen molar-refractivity contribution in [2.45, 2.75) is 82.6 Å². The average molecular weight is 428 g/mol. The summed E-state index contributed by atoms with van der Waals surface area (Å²) in [6, 6.07) is 10.5. The summed E-state index contributed by atoms with van der Waals surface area (Å²) in [6.45, 7) is 5.84. The van der Waals surface area contributed by atoms with E-state index in [2.05, 4.69) is 28.5 Å². The predicted octanol–water partition coefficient (Wildman–Crippen LogP) is 5.14. The Morgan fingerprint density at radius 3 is 2.60 bits per heavy atom. The van der Waals surface area contributed by atoms with Gasteiger partial charge in [-0.15, -0.1) is 0 Å². The molecular weight excluding hydrogens is 394 g/mol. The highest BCUT2D eigenvalue weighted by Crippen LogP contribution is 2.30. The van der Waals surface area contributed by atoms with Gasteiger partial charge in [0.25, 0.3) is 0 Å². The van der Waals surface area contributed by atoms with E-state index in [1.54, 1.807) is 11.8 Å². The Balaban J connectivity index is 1.48. The lowest BCUT2D eigenvalue weighted by Gasteiger charge is -2.34. The van der Waals surface area contributed by atoms with Crippen LogP contribution in [-0.2, 0) is 16.1 Å². The number of benzene rings is 1. The molecule has 0 N–H and O–H groups in total. The molecule has 2 aromatic rings. The highest BCUT2D eigenvalue weighted by molar-refractivity contribution is 7.99. The van der Waals surface area contributed by atoms with Crippen LogP contribution < -0.4 is 4.90 Å². The second-order valence-corrected chi connectivity index (χ2v) is 9.43. The summed E-state index contributed by atoms with van der Waals surface area (Å²) >= 11 is 1.57. The summed E-state index contributed by atoms with van der Waals surface area (Å²) in [5.74, 6) is 0.590. The molecule has 6 heteroatoms. The normalized spacial score (nSPS) is 19.9. The van der Waals surface area contributed by atoms with Crippen molar-refractivity contribution in [3.05, 3.63) is 41.7 Å². The van der Waals surface area contributed by atoms with Gasteiger partial charge in [0.2, 0.25) is 5.91 Å². The van der Waals surface area contributed by atoms with E-state index in [1.165, 1.54) is 25.0 Å². The molecule has 5 nitrogen and oxygen atoms in total. The molecule has 1 saturated heterocycles. The number of aryl methyl sites for hydroxylation is 1. The summed E-state index contributed by atoms with van der Waals surface area (Å²) in [5, 5.41) is 0.936. The molecule has 2 heterocycles. The van der Waals surface area contributed by atoms with Crippen LogP contribution in [0.2, 0.25) is 0 Å². The van der Waals surface area contributed by atoms with Crippen molar-refractivity contribution >= 4 is 23.4 Å². The van der Waals surface area contributed by atoms with Crippen LogP contribution in [0.5, 0.6) is 0 Å². The van der Waals surface area contributed by atoms with E-state index in [1.807, 2.05) is 25.1 Å². The number of ether oxygens (including phenoxy) is 1. The summed E-state index contributed by atoms with van der Waals surface area (Å²) in [7, 11) is 0. The zero-order valence-corrected chi connectivity index (χ0v) is 19.0. The smallest absolute Gasteiger partial charge is 0.237 e. The number of carbonyl (C=O) groups is 1. The first-order valence-electron chi connectivity index (χ1n) is 11.3. The molecule has 0 bridgehead atoms. The quantitative estimate of drug-likeness (QED) is 0.574. The molecule has 0 radical (unpaired) electrons. The molecule has 4 rings (SSSR count). The van der Waals surface area contributed by atoms with E-state index in [9.17, 15) is 4.79 Å². The number of amides is 1. The highest BCUT2D eigenvalue weighted by atomic mass is 32.2. The minimum absolute atomic E-state index is 0.181. The molecule has 30 heavy (non-hydrogen) atoms. The number of thioether (sulfide) groups is 1. The minimum atomic E-state index is 0.181. The third-order valence-electron chi connectivity index (χ3n) is 6.40. The molecule has 2 fully saturated rings. The van der Waals surface area contributed by atoms with E-state index in [0.717, 1.165) is 55.4 Å². The summed E-state index contributed by atoms with van der Waals surface area (Å²) in [6.07, 6.45) is 8.37. The molecule has 162 valence electrons. The first kappa shape index (κ1) is 21.4. The molecule has 0 unspecified atom stereocenters. The van der Waals surface area contributed by atoms with Gasteiger partial charge in [0.1, 0.15) is 0 Å². The topological polar surface area (TPSA) is 47.4 Å². The number of hydrogen-bond donors (Lipinski definition) is 0. The van der Waals surface area contributed by atoms with E-state index >= 15 is 0 Å². The van der Waals surface area contributed by atoms with Gasteiger partial charge in [0.15, 0.2) is 5.16 Å². The van der Waals surface area contributed by atoms with E-state index in [4.69, 9.17) is 9.72 Å². The Morgan fingerprint density at radius 1 is 1.13 bits per heavy atom. The predicted molar refractivity (Wildman–Crippen MR) is 122 cm³/mol. The lowest BCUT2D eigenvalue weighted by molar-refractivity contribution is -0.116. The van der Waals surface area contributed by atoms with Crippen LogP contribution in [0.3, 0.4) is 0 Å². The van der Waals surface area contributed by atoms with Gasteiger partial charge in [-0.25, -0.2) is 4.98 Å². The van der Waals surface area contributed by atoms with Crippen molar-refractivity contribution in [2.24, 2.45) is 0 Å². The van der Waals surface area contributed by atoms with Crippen molar-refractivity contribution in [1.82, 2.24) is 9.55 Å². The zero-order chi connectivity index (χ0) is 20.9. The van der Waals surface area contributed by atoms with E-state index in [-0.39, 0.29) is 12.0 Å². The van der Waals surface area contributed by atoms with Crippen molar-refractivity contribution in [1.29, 1.82) is 0 Å². The number of para-hydroxylation sites is 1. The SMILES string of the molecule is Cc1nc(SCC(=O)N(c2ccccc2)C2CCCCC2)n(C[C@@H]2CCCO2)c1C.